The Bertz CT molecular complexity index is 606. The molecule has 20 heavy (non-hydrogen) atoms. The van der Waals surface area contributed by atoms with Crippen LogP contribution in [0.15, 0.2) is 17.0 Å². The number of aliphatic hydroxyl groups excluding tert-OH is 1. The molecule has 1 aliphatic heterocycles. The van der Waals surface area contributed by atoms with Gasteiger partial charge in [0.25, 0.3) is 0 Å². The zero-order valence-electron chi connectivity index (χ0n) is 10.8. The summed E-state index contributed by atoms with van der Waals surface area (Å²) in [5.74, 6) is 0. The third-order valence-corrected chi connectivity index (χ3v) is 5.77. The fraction of sp³-hybridized carbons (Fsp3) is 0.500. The van der Waals surface area contributed by atoms with E-state index in [4.69, 9.17) is 27.9 Å². The van der Waals surface area contributed by atoms with Gasteiger partial charge in [0.05, 0.1) is 24.3 Å². The summed E-state index contributed by atoms with van der Waals surface area (Å²) in [4.78, 5) is -0.0401. The Labute approximate surface area is 128 Å². The highest BCUT2D eigenvalue weighted by atomic mass is 35.5. The van der Waals surface area contributed by atoms with Crippen molar-refractivity contribution in [3.63, 3.8) is 0 Å². The van der Waals surface area contributed by atoms with Crippen LogP contribution in [0.1, 0.15) is 12.5 Å². The molecule has 1 atom stereocenters. The Kier molecular flexibility index (Phi) is 4.94. The lowest BCUT2D eigenvalue weighted by atomic mass is 10.2. The van der Waals surface area contributed by atoms with Gasteiger partial charge in [0.2, 0.25) is 10.0 Å². The zero-order chi connectivity index (χ0) is 14.9. The zero-order valence-corrected chi connectivity index (χ0v) is 13.2. The molecule has 2 rings (SSSR count). The number of hydrogen-bond acceptors (Lipinski definition) is 4. The monoisotopic (exact) mass is 339 g/mol. The van der Waals surface area contributed by atoms with Gasteiger partial charge < -0.3 is 9.84 Å². The van der Waals surface area contributed by atoms with Gasteiger partial charge in [-0.25, -0.2) is 8.42 Å². The van der Waals surface area contributed by atoms with E-state index in [1.165, 1.54) is 16.4 Å². The number of aliphatic hydroxyl groups is 1. The van der Waals surface area contributed by atoms with Crippen molar-refractivity contribution in [2.75, 3.05) is 19.7 Å². The van der Waals surface area contributed by atoms with Crippen molar-refractivity contribution in [2.45, 2.75) is 24.5 Å². The van der Waals surface area contributed by atoms with Crippen LogP contribution in [-0.4, -0.2) is 43.6 Å². The maximum atomic E-state index is 12.6. The molecular formula is C12H15Cl2NO4S. The lowest BCUT2D eigenvalue weighted by Crippen LogP contribution is -2.44. The molecule has 0 aromatic heterocycles. The Balaban J connectivity index is 2.43. The number of sulfonamides is 1. The van der Waals surface area contributed by atoms with Gasteiger partial charge in [-0.3, -0.25) is 0 Å². The van der Waals surface area contributed by atoms with E-state index >= 15 is 0 Å². The van der Waals surface area contributed by atoms with E-state index in [1.54, 1.807) is 0 Å². The van der Waals surface area contributed by atoms with Gasteiger partial charge in [0.1, 0.15) is 4.90 Å². The largest absolute Gasteiger partial charge is 0.392 e. The molecule has 0 saturated carbocycles. The lowest BCUT2D eigenvalue weighted by Gasteiger charge is -2.30. The summed E-state index contributed by atoms with van der Waals surface area (Å²) in [5.41, 5.74) is 0.330. The Morgan fingerprint density at radius 2 is 2.10 bits per heavy atom. The fourth-order valence-electron chi connectivity index (χ4n) is 2.03. The van der Waals surface area contributed by atoms with E-state index in [0.29, 0.717) is 12.2 Å². The van der Waals surface area contributed by atoms with Crippen molar-refractivity contribution < 1.29 is 18.3 Å². The quantitative estimate of drug-likeness (QED) is 0.913. The normalized spacial score (nSPS) is 21.1. The van der Waals surface area contributed by atoms with Crippen molar-refractivity contribution >= 4 is 33.2 Å². The first-order valence-corrected chi connectivity index (χ1v) is 8.26. The molecule has 8 heteroatoms. The summed E-state index contributed by atoms with van der Waals surface area (Å²) in [6, 6.07) is 2.66. The SMILES string of the molecule is CC1CN(S(=O)(=O)c2cc(CO)c(Cl)cc2Cl)CCO1. The summed E-state index contributed by atoms with van der Waals surface area (Å²) in [6.07, 6.45) is -0.165. The van der Waals surface area contributed by atoms with Gasteiger partial charge in [0, 0.05) is 18.1 Å². The second-order valence-corrected chi connectivity index (χ2v) is 7.30. The van der Waals surface area contributed by atoms with Crippen molar-refractivity contribution in [1.29, 1.82) is 0 Å². The number of halogens is 2. The summed E-state index contributed by atoms with van der Waals surface area (Å²) < 4.78 is 31.9. The number of hydrogen-bond donors (Lipinski definition) is 1. The second kappa shape index (κ2) is 6.17. The van der Waals surface area contributed by atoms with Crippen LogP contribution >= 0.6 is 23.2 Å². The Morgan fingerprint density at radius 3 is 2.70 bits per heavy atom. The van der Waals surface area contributed by atoms with Gasteiger partial charge in [-0.1, -0.05) is 23.2 Å². The molecule has 5 nitrogen and oxygen atoms in total. The van der Waals surface area contributed by atoms with Crippen LogP contribution in [0, 0.1) is 0 Å². The highest BCUT2D eigenvalue weighted by Crippen LogP contribution is 2.31. The summed E-state index contributed by atoms with van der Waals surface area (Å²) in [5, 5.41) is 9.49. The van der Waals surface area contributed by atoms with E-state index < -0.39 is 10.0 Å². The van der Waals surface area contributed by atoms with E-state index in [-0.39, 0.29) is 40.7 Å². The first kappa shape index (κ1) is 16.0. The van der Waals surface area contributed by atoms with E-state index in [2.05, 4.69) is 0 Å². The number of rotatable bonds is 3. The van der Waals surface area contributed by atoms with Crippen molar-refractivity contribution in [2.24, 2.45) is 0 Å². The molecule has 0 spiro atoms. The molecule has 1 saturated heterocycles. The summed E-state index contributed by atoms with van der Waals surface area (Å²) >= 11 is 11.9. The molecule has 1 aromatic carbocycles. The number of benzene rings is 1. The molecular weight excluding hydrogens is 325 g/mol. The second-order valence-electron chi connectivity index (χ2n) is 4.58. The minimum Gasteiger partial charge on any atom is -0.392 e. The maximum Gasteiger partial charge on any atom is 0.244 e. The van der Waals surface area contributed by atoms with Crippen molar-refractivity contribution in [1.82, 2.24) is 4.31 Å². The van der Waals surface area contributed by atoms with E-state index in [1.807, 2.05) is 6.92 Å². The van der Waals surface area contributed by atoms with Gasteiger partial charge in [0.15, 0.2) is 0 Å². The van der Waals surface area contributed by atoms with Crippen molar-refractivity contribution in [3.8, 4) is 0 Å². The summed E-state index contributed by atoms with van der Waals surface area (Å²) in [7, 11) is -3.72. The number of nitrogens with zero attached hydrogens (tertiary/aromatic N) is 1. The van der Waals surface area contributed by atoms with Gasteiger partial charge >= 0.3 is 0 Å². The number of ether oxygens (including phenoxy) is 1. The number of morpholine rings is 1. The first-order valence-electron chi connectivity index (χ1n) is 6.06. The third-order valence-electron chi connectivity index (χ3n) is 3.09. The molecule has 1 unspecified atom stereocenters. The van der Waals surface area contributed by atoms with Gasteiger partial charge in [-0.15, -0.1) is 0 Å². The minimum absolute atomic E-state index is 0.0401. The van der Waals surface area contributed by atoms with E-state index in [0.717, 1.165) is 0 Å². The predicted molar refractivity (Wildman–Crippen MR) is 76.6 cm³/mol. The highest BCUT2D eigenvalue weighted by molar-refractivity contribution is 7.89. The topological polar surface area (TPSA) is 66.8 Å². The molecule has 112 valence electrons. The predicted octanol–water partition coefficient (Wildman–Crippen LogP) is 1.90. The molecule has 0 amide bonds. The van der Waals surface area contributed by atoms with Crippen LogP contribution in [0.2, 0.25) is 10.0 Å². The Morgan fingerprint density at radius 1 is 1.40 bits per heavy atom. The molecule has 0 aliphatic carbocycles. The molecule has 1 N–H and O–H groups in total. The van der Waals surface area contributed by atoms with Crippen molar-refractivity contribution in [3.05, 3.63) is 27.7 Å². The van der Waals surface area contributed by atoms with E-state index in [9.17, 15) is 13.5 Å². The molecule has 1 aromatic rings. The van der Waals surface area contributed by atoms with Crippen LogP contribution in [0.3, 0.4) is 0 Å². The first-order chi connectivity index (χ1) is 9.36. The molecule has 1 aliphatic rings. The Hall–Kier alpha value is -0.370. The highest BCUT2D eigenvalue weighted by Gasteiger charge is 2.31. The average molecular weight is 340 g/mol. The van der Waals surface area contributed by atoms with Crippen LogP contribution in [0.5, 0.6) is 0 Å². The average Bonchev–Trinajstić information content (AvgIpc) is 2.38. The van der Waals surface area contributed by atoms with Crippen LogP contribution in [-0.2, 0) is 21.4 Å². The van der Waals surface area contributed by atoms with Crippen LogP contribution in [0.4, 0.5) is 0 Å². The standard InChI is InChI=1S/C12H15Cl2NO4S/c1-8-6-15(2-3-19-8)20(17,18)12-4-9(7-16)10(13)5-11(12)14/h4-5,8,16H,2-3,6-7H2,1H3. The fourth-order valence-corrected chi connectivity index (χ4v) is 4.37. The molecule has 1 fully saturated rings. The van der Waals surface area contributed by atoms with Crippen LogP contribution in [0.25, 0.3) is 0 Å². The third kappa shape index (κ3) is 3.10. The van der Waals surface area contributed by atoms with Gasteiger partial charge in [-0.05, 0) is 24.6 Å². The van der Waals surface area contributed by atoms with Gasteiger partial charge in [-0.2, -0.15) is 4.31 Å². The summed E-state index contributed by atoms with van der Waals surface area (Å²) in [6.45, 7) is 2.36. The minimum atomic E-state index is -3.72. The molecule has 0 bridgehead atoms. The smallest absolute Gasteiger partial charge is 0.244 e. The lowest BCUT2D eigenvalue weighted by molar-refractivity contribution is 0.0102. The maximum absolute atomic E-state index is 12.6. The van der Waals surface area contributed by atoms with Crippen LogP contribution < -0.4 is 0 Å². The molecule has 0 radical (unpaired) electrons. The molecule has 1 heterocycles.